The Kier molecular flexibility index (Phi) is 4.65. The topological polar surface area (TPSA) is 63.5 Å². The molecular formula is C13H14BrClN2O3. The second kappa shape index (κ2) is 6.10. The summed E-state index contributed by atoms with van der Waals surface area (Å²) in [5.74, 6) is -0.0669. The van der Waals surface area contributed by atoms with E-state index in [9.17, 15) is 14.9 Å². The number of rotatable bonds is 2. The molecule has 5 nitrogen and oxygen atoms in total. The maximum Gasteiger partial charge on any atom is 0.283 e. The molecule has 1 aromatic rings. The number of piperidine rings is 1. The molecule has 0 spiro atoms. The number of nitrogens with zero attached hydrogens (tertiary/aromatic N) is 2. The molecule has 1 fully saturated rings. The van der Waals surface area contributed by atoms with Gasteiger partial charge in [-0.3, -0.25) is 14.9 Å². The number of nitro benzene ring substituents is 1. The molecule has 0 N–H and O–H groups in total. The molecule has 20 heavy (non-hydrogen) atoms. The van der Waals surface area contributed by atoms with Crippen molar-refractivity contribution in [1.29, 1.82) is 0 Å². The first-order chi connectivity index (χ1) is 9.41. The molecule has 108 valence electrons. The normalized spacial score (nSPS) is 22.6. The summed E-state index contributed by atoms with van der Waals surface area (Å²) in [6.45, 7) is 3.18. The van der Waals surface area contributed by atoms with Gasteiger partial charge >= 0.3 is 0 Å². The van der Waals surface area contributed by atoms with Crippen LogP contribution in [0.4, 0.5) is 5.69 Å². The minimum atomic E-state index is -0.570. The number of nitro groups is 1. The number of hydrogen-bond donors (Lipinski definition) is 0. The maximum atomic E-state index is 12.5. The lowest BCUT2D eigenvalue weighted by Crippen LogP contribution is -2.43. The second-order valence-corrected chi connectivity index (χ2v) is 6.51. The number of amides is 1. The van der Waals surface area contributed by atoms with E-state index in [1.54, 1.807) is 4.90 Å². The third-order valence-electron chi connectivity index (χ3n) is 3.49. The van der Waals surface area contributed by atoms with Crippen LogP contribution in [-0.4, -0.2) is 33.6 Å². The number of carbonyl (C=O) groups excluding carboxylic acids is 1. The van der Waals surface area contributed by atoms with Crippen molar-refractivity contribution in [2.24, 2.45) is 5.92 Å². The fourth-order valence-electron chi connectivity index (χ4n) is 2.34. The van der Waals surface area contributed by atoms with Gasteiger partial charge in [0.25, 0.3) is 11.6 Å². The van der Waals surface area contributed by atoms with Gasteiger partial charge < -0.3 is 4.90 Å². The molecule has 1 amide bonds. The highest BCUT2D eigenvalue weighted by atomic mass is 79.9. The van der Waals surface area contributed by atoms with Crippen LogP contribution in [0.3, 0.4) is 0 Å². The van der Waals surface area contributed by atoms with E-state index in [1.165, 1.54) is 18.2 Å². The average molecular weight is 362 g/mol. The van der Waals surface area contributed by atoms with Crippen LogP contribution in [0, 0.1) is 16.0 Å². The Hall–Kier alpha value is -1.14. The van der Waals surface area contributed by atoms with Gasteiger partial charge in [-0.15, -0.1) is 0 Å². The van der Waals surface area contributed by atoms with Crippen molar-refractivity contribution in [2.45, 2.75) is 18.2 Å². The van der Waals surface area contributed by atoms with E-state index in [0.29, 0.717) is 23.8 Å². The maximum absolute atomic E-state index is 12.5. The van der Waals surface area contributed by atoms with Gasteiger partial charge in [-0.05, 0) is 18.4 Å². The van der Waals surface area contributed by atoms with Crippen molar-refractivity contribution >= 4 is 39.1 Å². The van der Waals surface area contributed by atoms with Crippen molar-refractivity contribution in [3.63, 3.8) is 0 Å². The third kappa shape index (κ3) is 2.96. The molecule has 1 saturated heterocycles. The molecular weight excluding hydrogens is 348 g/mol. The van der Waals surface area contributed by atoms with Crippen LogP contribution in [0.1, 0.15) is 23.7 Å². The van der Waals surface area contributed by atoms with Gasteiger partial charge in [0.1, 0.15) is 5.56 Å². The fraction of sp³-hybridized carbons (Fsp3) is 0.462. The van der Waals surface area contributed by atoms with E-state index in [0.717, 1.165) is 6.42 Å². The molecule has 1 aliphatic rings. The summed E-state index contributed by atoms with van der Waals surface area (Å²) >= 11 is 9.56. The average Bonchev–Trinajstić information content (AvgIpc) is 2.40. The first-order valence-electron chi connectivity index (χ1n) is 6.28. The highest BCUT2D eigenvalue weighted by molar-refractivity contribution is 9.09. The van der Waals surface area contributed by atoms with Gasteiger partial charge in [0.05, 0.1) is 9.95 Å². The van der Waals surface area contributed by atoms with Gasteiger partial charge in [-0.2, -0.15) is 0 Å². The molecule has 2 rings (SSSR count). The Balaban J connectivity index is 2.32. The Morgan fingerprint density at radius 1 is 1.55 bits per heavy atom. The highest BCUT2D eigenvalue weighted by Gasteiger charge is 2.32. The zero-order valence-corrected chi connectivity index (χ0v) is 13.2. The standard InChI is InChI=1S/C13H14BrClN2O3/c1-8-7-16(6-5-9(8)14)13(18)12-10(15)3-2-4-11(12)17(19)20/h2-4,8-9H,5-7H2,1H3. The predicted octanol–water partition coefficient (Wildman–Crippen LogP) is 3.49. The Morgan fingerprint density at radius 3 is 2.85 bits per heavy atom. The summed E-state index contributed by atoms with van der Waals surface area (Å²) in [5.41, 5.74) is -0.254. The van der Waals surface area contributed by atoms with Crippen LogP contribution in [0.2, 0.25) is 5.02 Å². The largest absolute Gasteiger partial charge is 0.338 e. The van der Waals surface area contributed by atoms with Crippen molar-refractivity contribution in [2.75, 3.05) is 13.1 Å². The van der Waals surface area contributed by atoms with Crippen LogP contribution in [0.15, 0.2) is 18.2 Å². The van der Waals surface area contributed by atoms with Crippen LogP contribution in [0.5, 0.6) is 0 Å². The number of alkyl halides is 1. The number of carbonyl (C=O) groups is 1. The zero-order valence-electron chi connectivity index (χ0n) is 10.9. The Morgan fingerprint density at radius 2 is 2.25 bits per heavy atom. The molecule has 0 aromatic heterocycles. The van der Waals surface area contributed by atoms with Crippen molar-refractivity contribution in [3.05, 3.63) is 38.9 Å². The van der Waals surface area contributed by atoms with Gasteiger partial charge in [-0.25, -0.2) is 0 Å². The van der Waals surface area contributed by atoms with Crippen LogP contribution >= 0.6 is 27.5 Å². The first-order valence-corrected chi connectivity index (χ1v) is 7.57. The highest BCUT2D eigenvalue weighted by Crippen LogP contribution is 2.30. The van der Waals surface area contributed by atoms with E-state index in [2.05, 4.69) is 15.9 Å². The SMILES string of the molecule is CC1CN(C(=O)c2c(Cl)cccc2[N+](=O)[O-])CCC1Br. The fourth-order valence-corrected chi connectivity index (χ4v) is 2.96. The number of hydrogen-bond acceptors (Lipinski definition) is 3. The number of likely N-dealkylation sites (tertiary alicyclic amines) is 1. The molecule has 2 atom stereocenters. The summed E-state index contributed by atoms with van der Waals surface area (Å²) in [6.07, 6.45) is 0.825. The van der Waals surface area contributed by atoms with Gasteiger partial charge in [0.2, 0.25) is 0 Å². The summed E-state index contributed by atoms with van der Waals surface area (Å²) in [5, 5.41) is 11.2. The lowest BCUT2D eigenvalue weighted by atomic mass is 9.99. The van der Waals surface area contributed by atoms with Crippen molar-refractivity contribution in [3.8, 4) is 0 Å². The zero-order chi connectivity index (χ0) is 14.9. The number of benzene rings is 1. The van der Waals surface area contributed by atoms with Crippen molar-refractivity contribution < 1.29 is 9.72 Å². The summed E-state index contributed by atoms with van der Waals surface area (Å²) in [7, 11) is 0. The molecule has 0 bridgehead atoms. The van der Waals surface area contributed by atoms with Crippen molar-refractivity contribution in [1.82, 2.24) is 4.90 Å². The van der Waals surface area contributed by atoms with Crippen LogP contribution in [-0.2, 0) is 0 Å². The van der Waals surface area contributed by atoms with Gasteiger partial charge in [-0.1, -0.05) is 40.5 Å². The second-order valence-electron chi connectivity index (χ2n) is 4.92. The van der Waals surface area contributed by atoms with E-state index in [4.69, 9.17) is 11.6 Å². The molecule has 1 heterocycles. The van der Waals surface area contributed by atoms with Crippen LogP contribution in [0.25, 0.3) is 0 Å². The molecule has 0 aliphatic carbocycles. The molecule has 1 aliphatic heterocycles. The lowest BCUT2D eigenvalue weighted by Gasteiger charge is -2.34. The number of halogens is 2. The molecule has 0 saturated carbocycles. The molecule has 0 radical (unpaired) electrons. The minimum Gasteiger partial charge on any atom is -0.338 e. The summed E-state index contributed by atoms with van der Waals surface area (Å²) in [4.78, 5) is 25.0. The van der Waals surface area contributed by atoms with Gasteiger partial charge in [0.15, 0.2) is 0 Å². The lowest BCUT2D eigenvalue weighted by molar-refractivity contribution is -0.385. The summed E-state index contributed by atoms with van der Waals surface area (Å²) in [6, 6.07) is 4.28. The minimum absolute atomic E-state index is 0.0145. The van der Waals surface area contributed by atoms with E-state index >= 15 is 0 Å². The van der Waals surface area contributed by atoms with E-state index in [-0.39, 0.29) is 22.2 Å². The third-order valence-corrected chi connectivity index (χ3v) is 5.17. The quantitative estimate of drug-likeness (QED) is 0.460. The smallest absolute Gasteiger partial charge is 0.283 e. The Labute approximate surface area is 130 Å². The Bertz CT molecular complexity index is 552. The molecule has 1 aromatic carbocycles. The summed E-state index contributed by atoms with van der Waals surface area (Å²) < 4.78 is 0. The van der Waals surface area contributed by atoms with Gasteiger partial charge in [0, 0.05) is 24.0 Å². The van der Waals surface area contributed by atoms with E-state index < -0.39 is 4.92 Å². The predicted molar refractivity (Wildman–Crippen MR) is 80.5 cm³/mol. The first kappa shape index (κ1) is 15.3. The van der Waals surface area contributed by atoms with Crippen LogP contribution < -0.4 is 0 Å². The monoisotopic (exact) mass is 360 g/mol. The molecule has 2 unspecified atom stereocenters. The van der Waals surface area contributed by atoms with E-state index in [1.807, 2.05) is 6.92 Å². The molecule has 7 heteroatoms.